The molecule has 0 aliphatic carbocycles. The highest BCUT2D eigenvalue weighted by atomic mass is 16.5. The predicted molar refractivity (Wildman–Crippen MR) is 23.5 cm³/mol. The summed E-state index contributed by atoms with van der Waals surface area (Å²) in [5.41, 5.74) is 9.86. The summed E-state index contributed by atoms with van der Waals surface area (Å²) < 4.78 is 4.41. The van der Waals surface area contributed by atoms with Gasteiger partial charge in [0.15, 0.2) is 5.88 Å². The molecule has 0 aromatic carbocycles. The van der Waals surface area contributed by atoms with Crippen molar-refractivity contribution < 1.29 is 4.74 Å². The summed E-state index contributed by atoms with van der Waals surface area (Å²) in [5.74, 6) is 0.245. The van der Waals surface area contributed by atoms with Crippen molar-refractivity contribution in [3.8, 4) is 0 Å². The van der Waals surface area contributed by atoms with E-state index in [9.17, 15) is 0 Å². The summed E-state index contributed by atoms with van der Waals surface area (Å²) in [6, 6.07) is 0. The van der Waals surface area contributed by atoms with E-state index in [1.807, 2.05) is 0 Å². The Kier molecular flexibility index (Phi) is 2.04. The molecule has 3 heteroatoms. The Hall–Kier alpha value is -0.860. The molecular weight excluding hydrogens is 80.0 g/mol. The lowest BCUT2D eigenvalue weighted by atomic mass is 10.9. The van der Waals surface area contributed by atoms with Gasteiger partial charge in [0.2, 0.25) is 0 Å². The van der Waals surface area contributed by atoms with Gasteiger partial charge in [0.05, 0.1) is 13.3 Å². The lowest BCUT2D eigenvalue weighted by molar-refractivity contribution is 0.286. The zero-order valence-corrected chi connectivity index (χ0v) is 3.64. The van der Waals surface area contributed by atoms with Crippen LogP contribution in [0.3, 0.4) is 0 Å². The van der Waals surface area contributed by atoms with Gasteiger partial charge in [0, 0.05) is 0 Å². The van der Waals surface area contributed by atoms with Crippen LogP contribution in [-0.2, 0) is 4.74 Å². The number of methoxy groups -OCH3 is 1. The second-order valence-electron chi connectivity index (χ2n) is 0.773. The molecule has 0 heterocycles. The van der Waals surface area contributed by atoms with Gasteiger partial charge in [-0.15, -0.1) is 0 Å². The van der Waals surface area contributed by atoms with E-state index in [1.54, 1.807) is 0 Å². The molecule has 0 bridgehead atoms. The SMILES string of the molecule is CO/C(N)=C/N. The maximum absolute atomic E-state index is 4.99. The van der Waals surface area contributed by atoms with E-state index < -0.39 is 0 Å². The van der Waals surface area contributed by atoms with Gasteiger partial charge in [-0.25, -0.2) is 0 Å². The molecule has 36 valence electrons. The van der Waals surface area contributed by atoms with Gasteiger partial charge in [0.25, 0.3) is 0 Å². The Morgan fingerprint density at radius 3 is 2.33 bits per heavy atom. The van der Waals surface area contributed by atoms with E-state index in [0.717, 1.165) is 0 Å². The largest absolute Gasteiger partial charge is 0.482 e. The fourth-order valence-corrected chi connectivity index (χ4v) is 0.0680. The summed E-state index contributed by atoms with van der Waals surface area (Å²) >= 11 is 0. The first-order valence-corrected chi connectivity index (χ1v) is 1.52. The highest BCUT2D eigenvalue weighted by Crippen LogP contribution is 1.72. The van der Waals surface area contributed by atoms with E-state index in [-0.39, 0.29) is 5.88 Å². The van der Waals surface area contributed by atoms with Crippen LogP contribution in [0, 0.1) is 0 Å². The maximum atomic E-state index is 4.99. The highest BCUT2D eigenvalue weighted by Gasteiger charge is 1.72. The summed E-state index contributed by atoms with van der Waals surface area (Å²) in [7, 11) is 1.46. The summed E-state index contributed by atoms with van der Waals surface area (Å²) in [6.07, 6.45) is 1.19. The quantitative estimate of drug-likeness (QED) is 0.419. The standard InChI is InChI=1S/C3H8N2O/c1-6-3(5)2-4/h2H,4-5H2,1H3/b3-2+. The van der Waals surface area contributed by atoms with Crippen molar-refractivity contribution in [3.05, 3.63) is 12.1 Å². The smallest absolute Gasteiger partial charge is 0.199 e. The third-order valence-electron chi connectivity index (χ3n) is 0.400. The molecule has 0 spiro atoms. The number of hydrogen-bond acceptors (Lipinski definition) is 3. The van der Waals surface area contributed by atoms with Crippen molar-refractivity contribution in [1.29, 1.82) is 0 Å². The third kappa shape index (κ3) is 1.46. The first kappa shape index (κ1) is 5.14. The molecule has 0 aliphatic heterocycles. The Morgan fingerprint density at radius 1 is 1.83 bits per heavy atom. The zero-order valence-electron chi connectivity index (χ0n) is 3.64. The van der Waals surface area contributed by atoms with Crippen LogP contribution in [-0.4, -0.2) is 7.11 Å². The van der Waals surface area contributed by atoms with Crippen molar-refractivity contribution in [2.75, 3.05) is 7.11 Å². The van der Waals surface area contributed by atoms with Gasteiger partial charge >= 0.3 is 0 Å². The molecule has 0 aromatic heterocycles. The van der Waals surface area contributed by atoms with Crippen molar-refractivity contribution in [1.82, 2.24) is 0 Å². The molecular formula is C3H8N2O. The second-order valence-corrected chi connectivity index (χ2v) is 0.773. The van der Waals surface area contributed by atoms with Crippen molar-refractivity contribution in [3.63, 3.8) is 0 Å². The van der Waals surface area contributed by atoms with Crippen molar-refractivity contribution in [2.24, 2.45) is 11.5 Å². The summed E-state index contributed by atoms with van der Waals surface area (Å²) in [4.78, 5) is 0. The molecule has 0 fully saturated rings. The van der Waals surface area contributed by atoms with Crippen LogP contribution in [0.2, 0.25) is 0 Å². The minimum absolute atomic E-state index is 0.245. The van der Waals surface area contributed by atoms with Crippen LogP contribution in [0.1, 0.15) is 0 Å². The van der Waals surface area contributed by atoms with Crippen LogP contribution < -0.4 is 11.5 Å². The molecule has 0 aliphatic rings. The number of nitrogens with two attached hydrogens (primary N) is 2. The molecule has 0 unspecified atom stereocenters. The summed E-state index contributed by atoms with van der Waals surface area (Å²) in [6.45, 7) is 0. The molecule has 4 N–H and O–H groups in total. The van der Waals surface area contributed by atoms with Gasteiger partial charge in [0.1, 0.15) is 0 Å². The molecule has 0 saturated heterocycles. The van der Waals surface area contributed by atoms with E-state index in [2.05, 4.69) is 4.74 Å². The van der Waals surface area contributed by atoms with Gasteiger partial charge in [-0.2, -0.15) is 0 Å². The second kappa shape index (κ2) is 2.38. The van der Waals surface area contributed by atoms with Crippen LogP contribution in [0.15, 0.2) is 12.1 Å². The zero-order chi connectivity index (χ0) is 4.99. The fraction of sp³-hybridized carbons (Fsp3) is 0.333. The van der Waals surface area contributed by atoms with Crippen LogP contribution in [0.5, 0.6) is 0 Å². The Bertz CT molecular complexity index is 59.8. The lowest BCUT2D eigenvalue weighted by Gasteiger charge is -1.91. The number of ether oxygens (including phenoxy) is 1. The molecule has 0 radical (unpaired) electrons. The van der Waals surface area contributed by atoms with E-state index in [1.165, 1.54) is 13.3 Å². The minimum atomic E-state index is 0.245. The molecule has 0 aromatic rings. The molecule has 6 heavy (non-hydrogen) atoms. The Morgan fingerprint density at radius 2 is 2.33 bits per heavy atom. The lowest BCUT2D eigenvalue weighted by Crippen LogP contribution is -2.01. The predicted octanol–water partition coefficient (Wildman–Crippen LogP) is -0.651. The van der Waals surface area contributed by atoms with E-state index in [4.69, 9.17) is 11.5 Å². The first-order valence-electron chi connectivity index (χ1n) is 1.52. The topological polar surface area (TPSA) is 61.3 Å². The Balaban J connectivity index is 3.22. The first-order chi connectivity index (χ1) is 2.81. The molecule has 3 nitrogen and oxygen atoms in total. The minimum Gasteiger partial charge on any atom is -0.482 e. The van der Waals surface area contributed by atoms with E-state index in [0.29, 0.717) is 0 Å². The summed E-state index contributed by atoms with van der Waals surface area (Å²) in [5, 5.41) is 0. The molecule has 0 atom stereocenters. The van der Waals surface area contributed by atoms with Gasteiger partial charge in [-0.1, -0.05) is 0 Å². The van der Waals surface area contributed by atoms with Crippen LogP contribution in [0.4, 0.5) is 0 Å². The third-order valence-corrected chi connectivity index (χ3v) is 0.400. The number of hydrogen-bond donors (Lipinski definition) is 2. The monoisotopic (exact) mass is 88.1 g/mol. The Labute approximate surface area is 36.6 Å². The van der Waals surface area contributed by atoms with Gasteiger partial charge < -0.3 is 16.2 Å². The maximum Gasteiger partial charge on any atom is 0.199 e. The number of rotatable bonds is 1. The average Bonchev–Trinajstić information content (AvgIpc) is 1.65. The highest BCUT2D eigenvalue weighted by molar-refractivity contribution is 4.79. The van der Waals surface area contributed by atoms with Gasteiger partial charge in [-0.3, -0.25) is 0 Å². The van der Waals surface area contributed by atoms with Gasteiger partial charge in [-0.05, 0) is 0 Å². The van der Waals surface area contributed by atoms with E-state index >= 15 is 0 Å². The fourth-order valence-electron chi connectivity index (χ4n) is 0.0680. The van der Waals surface area contributed by atoms with Crippen molar-refractivity contribution in [2.45, 2.75) is 0 Å². The molecule has 0 saturated carbocycles. The van der Waals surface area contributed by atoms with Crippen LogP contribution in [0.25, 0.3) is 0 Å². The van der Waals surface area contributed by atoms with Crippen LogP contribution >= 0.6 is 0 Å². The molecule has 0 rings (SSSR count). The molecule has 0 amide bonds. The van der Waals surface area contributed by atoms with Crippen molar-refractivity contribution >= 4 is 0 Å². The average molecular weight is 88.1 g/mol. The normalized spacial score (nSPS) is 11.2.